The number of halogens is 2. The van der Waals surface area contributed by atoms with Crippen LogP contribution in [0.5, 0.6) is 5.75 Å². The molecule has 0 saturated carbocycles. The number of nitriles is 1. The zero-order valence-electron chi connectivity index (χ0n) is 18.0. The lowest BCUT2D eigenvalue weighted by molar-refractivity contribution is 0.387. The number of pyridine rings is 1. The first-order valence-corrected chi connectivity index (χ1v) is 11.1. The first kappa shape index (κ1) is 22.7. The number of methoxy groups -OCH3 is 1. The Labute approximate surface area is 196 Å². The predicted molar refractivity (Wildman–Crippen MR) is 126 cm³/mol. The van der Waals surface area contributed by atoms with Gasteiger partial charge in [0, 0.05) is 23.2 Å². The highest BCUT2D eigenvalue weighted by atomic mass is 35.5. The maximum atomic E-state index is 14.0. The van der Waals surface area contributed by atoms with E-state index >= 15 is 0 Å². The van der Waals surface area contributed by atoms with Crippen LogP contribution < -0.4 is 16.0 Å². The van der Waals surface area contributed by atoms with E-state index in [1.807, 2.05) is 19.9 Å². The summed E-state index contributed by atoms with van der Waals surface area (Å²) in [6.07, 6.45) is 3.21. The second kappa shape index (κ2) is 8.81. The van der Waals surface area contributed by atoms with Crippen LogP contribution in [-0.4, -0.2) is 21.2 Å². The van der Waals surface area contributed by atoms with Gasteiger partial charge in [-0.05, 0) is 43.2 Å². The molecule has 33 heavy (non-hydrogen) atoms. The average Bonchev–Trinajstić information content (AvgIpc) is 3.22. The van der Waals surface area contributed by atoms with Crippen molar-refractivity contribution in [1.29, 1.82) is 5.26 Å². The van der Waals surface area contributed by atoms with Crippen LogP contribution in [-0.2, 0) is 6.54 Å². The highest BCUT2D eigenvalue weighted by molar-refractivity contribution is 7.22. The Hall–Kier alpha value is -3.48. The first-order valence-electron chi connectivity index (χ1n) is 9.89. The van der Waals surface area contributed by atoms with Crippen molar-refractivity contribution in [2.75, 3.05) is 7.11 Å². The van der Waals surface area contributed by atoms with Gasteiger partial charge in [0.2, 0.25) is 0 Å². The quantitative estimate of drug-likeness (QED) is 0.412. The van der Waals surface area contributed by atoms with Crippen molar-refractivity contribution in [3.63, 3.8) is 0 Å². The number of hydrogen-bond donors (Lipinski definition) is 0. The van der Waals surface area contributed by atoms with Crippen molar-refractivity contribution >= 4 is 33.2 Å². The van der Waals surface area contributed by atoms with Gasteiger partial charge in [-0.15, -0.1) is 11.3 Å². The van der Waals surface area contributed by atoms with Crippen molar-refractivity contribution < 1.29 is 9.13 Å². The molecule has 1 aromatic carbocycles. The van der Waals surface area contributed by atoms with Crippen LogP contribution in [0.2, 0.25) is 5.02 Å². The number of aryl methyl sites for hydroxylation is 2. The lowest BCUT2D eigenvalue weighted by Gasteiger charge is -2.13. The van der Waals surface area contributed by atoms with Crippen molar-refractivity contribution in [2.45, 2.75) is 26.8 Å². The summed E-state index contributed by atoms with van der Waals surface area (Å²) < 4.78 is 21.9. The second-order valence-electron chi connectivity index (χ2n) is 7.38. The van der Waals surface area contributed by atoms with Gasteiger partial charge >= 0.3 is 5.69 Å². The molecule has 3 heterocycles. The number of nitrogens with zero attached hydrogens (tertiary/aromatic N) is 4. The van der Waals surface area contributed by atoms with E-state index in [-0.39, 0.29) is 23.7 Å². The van der Waals surface area contributed by atoms with E-state index in [1.54, 1.807) is 12.3 Å². The number of benzene rings is 1. The SMILES string of the molecule is COc1cc(-c2cc3c(s2)c(=O)n(-c2cncc(C)c2C)c(=O)n3CCC#N)c(Cl)cc1F. The summed E-state index contributed by atoms with van der Waals surface area (Å²) in [6.45, 7) is 3.75. The molecule has 0 aliphatic rings. The Balaban J connectivity index is 2.07. The lowest BCUT2D eigenvalue weighted by Crippen LogP contribution is -2.39. The number of hydrogen-bond acceptors (Lipinski definition) is 6. The second-order valence-corrected chi connectivity index (χ2v) is 8.83. The van der Waals surface area contributed by atoms with Crippen molar-refractivity contribution in [2.24, 2.45) is 0 Å². The molecule has 0 aliphatic heterocycles. The van der Waals surface area contributed by atoms with Crippen LogP contribution in [0.1, 0.15) is 17.5 Å². The number of thiophene rings is 1. The summed E-state index contributed by atoms with van der Waals surface area (Å²) in [4.78, 5) is 31.6. The van der Waals surface area contributed by atoms with E-state index in [0.717, 1.165) is 33.1 Å². The molecular weight excluding hydrogens is 467 g/mol. The molecule has 0 aliphatic carbocycles. The minimum absolute atomic E-state index is 0.00704. The number of fused-ring (bicyclic) bond motifs is 1. The third-order valence-corrected chi connectivity index (χ3v) is 6.92. The molecule has 4 aromatic rings. The smallest absolute Gasteiger partial charge is 0.336 e. The summed E-state index contributed by atoms with van der Waals surface area (Å²) in [5.41, 5.74) is 1.75. The fourth-order valence-electron chi connectivity index (χ4n) is 3.59. The fraction of sp³-hybridized carbons (Fsp3) is 0.217. The molecule has 0 bridgehead atoms. The highest BCUT2D eigenvalue weighted by Gasteiger charge is 2.21. The summed E-state index contributed by atoms with van der Waals surface area (Å²) in [6, 6.07) is 6.29. The Morgan fingerprint density at radius 3 is 2.70 bits per heavy atom. The maximum absolute atomic E-state index is 14.0. The molecule has 0 fully saturated rings. The lowest BCUT2D eigenvalue weighted by atomic mass is 10.1. The molecule has 0 N–H and O–H groups in total. The monoisotopic (exact) mass is 484 g/mol. The Morgan fingerprint density at radius 1 is 1.24 bits per heavy atom. The van der Waals surface area contributed by atoms with Gasteiger partial charge in [0.25, 0.3) is 5.56 Å². The topological polar surface area (TPSA) is 89.9 Å². The Kier molecular flexibility index (Phi) is 6.06. The molecule has 0 unspecified atom stereocenters. The van der Waals surface area contributed by atoms with Gasteiger partial charge in [0.1, 0.15) is 4.70 Å². The van der Waals surface area contributed by atoms with Gasteiger partial charge in [0.15, 0.2) is 11.6 Å². The van der Waals surface area contributed by atoms with Crippen LogP contribution >= 0.6 is 22.9 Å². The van der Waals surface area contributed by atoms with Gasteiger partial charge in [-0.2, -0.15) is 5.26 Å². The first-order chi connectivity index (χ1) is 15.8. The number of aromatic nitrogens is 3. The minimum Gasteiger partial charge on any atom is -0.494 e. The average molecular weight is 485 g/mol. The summed E-state index contributed by atoms with van der Waals surface area (Å²) in [5.74, 6) is -0.601. The van der Waals surface area contributed by atoms with Gasteiger partial charge in [-0.3, -0.25) is 14.3 Å². The molecule has 168 valence electrons. The zero-order chi connectivity index (χ0) is 23.9. The largest absolute Gasteiger partial charge is 0.494 e. The number of rotatable bonds is 5. The molecular formula is C23H18ClFN4O3S. The van der Waals surface area contributed by atoms with Crippen LogP contribution in [0.25, 0.3) is 26.3 Å². The van der Waals surface area contributed by atoms with E-state index in [2.05, 4.69) is 4.98 Å². The third kappa shape index (κ3) is 3.81. The molecule has 3 aromatic heterocycles. The molecule has 0 saturated heterocycles. The predicted octanol–water partition coefficient (Wildman–Crippen LogP) is 4.61. The van der Waals surface area contributed by atoms with Gasteiger partial charge in [-0.25, -0.2) is 13.8 Å². The van der Waals surface area contributed by atoms with Crippen molar-refractivity contribution in [3.8, 4) is 27.9 Å². The van der Waals surface area contributed by atoms with E-state index in [0.29, 0.717) is 26.3 Å². The molecule has 4 rings (SSSR count). The van der Waals surface area contributed by atoms with Crippen LogP contribution in [0.15, 0.2) is 40.2 Å². The van der Waals surface area contributed by atoms with Gasteiger partial charge in [-0.1, -0.05) is 11.6 Å². The third-order valence-electron chi connectivity index (χ3n) is 5.46. The molecule has 7 nitrogen and oxygen atoms in total. The fourth-order valence-corrected chi connectivity index (χ4v) is 5.02. The molecule has 0 amide bonds. The zero-order valence-corrected chi connectivity index (χ0v) is 19.6. The Morgan fingerprint density at radius 2 is 2.00 bits per heavy atom. The summed E-state index contributed by atoms with van der Waals surface area (Å²) in [5, 5.41) is 9.25. The molecule has 0 atom stereocenters. The normalized spacial score (nSPS) is 11.0. The van der Waals surface area contributed by atoms with Gasteiger partial charge in [0.05, 0.1) is 42.0 Å². The molecule has 0 spiro atoms. The summed E-state index contributed by atoms with van der Waals surface area (Å²) >= 11 is 7.42. The Bertz CT molecular complexity index is 1570. The van der Waals surface area contributed by atoms with E-state index in [1.165, 1.54) is 23.9 Å². The van der Waals surface area contributed by atoms with Crippen LogP contribution in [0.4, 0.5) is 4.39 Å². The van der Waals surface area contributed by atoms with Crippen molar-refractivity contribution in [3.05, 3.63) is 73.4 Å². The van der Waals surface area contributed by atoms with E-state index < -0.39 is 17.1 Å². The standard InChI is InChI=1S/C23H18ClFN4O3S/c1-12-10-27-11-18(13(12)2)29-22(30)21-17(28(23(29)31)6-4-5-26)9-20(33-21)14-7-19(32-3)16(25)8-15(14)24/h7-11H,4,6H2,1-3H3. The van der Waals surface area contributed by atoms with E-state index in [4.69, 9.17) is 21.6 Å². The van der Waals surface area contributed by atoms with Crippen molar-refractivity contribution in [1.82, 2.24) is 14.1 Å². The summed E-state index contributed by atoms with van der Waals surface area (Å²) in [7, 11) is 1.34. The molecule has 10 heteroatoms. The van der Waals surface area contributed by atoms with E-state index in [9.17, 15) is 14.0 Å². The minimum atomic E-state index is -0.608. The van der Waals surface area contributed by atoms with Gasteiger partial charge < -0.3 is 4.74 Å². The molecule has 0 radical (unpaired) electrons. The van der Waals surface area contributed by atoms with Crippen LogP contribution in [0.3, 0.4) is 0 Å². The number of ether oxygens (including phenoxy) is 1. The highest BCUT2D eigenvalue weighted by Crippen LogP contribution is 2.39. The van der Waals surface area contributed by atoms with Crippen LogP contribution in [0, 0.1) is 31.0 Å². The maximum Gasteiger partial charge on any atom is 0.336 e.